The van der Waals surface area contributed by atoms with Crippen LogP contribution in [0.5, 0.6) is 11.5 Å². The summed E-state index contributed by atoms with van der Waals surface area (Å²) in [5, 5.41) is 4.00. The Labute approximate surface area is 170 Å². The monoisotopic (exact) mass is 405 g/mol. The Morgan fingerprint density at radius 1 is 1.19 bits per heavy atom. The topological polar surface area (TPSA) is 39.7 Å². The third-order valence-corrected chi connectivity index (χ3v) is 4.96. The van der Waals surface area contributed by atoms with E-state index in [1.54, 1.807) is 0 Å². The van der Waals surface area contributed by atoms with E-state index < -0.39 is 0 Å². The van der Waals surface area contributed by atoms with E-state index in [1.807, 2.05) is 49.4 Å². The first kappa shape index (κ1) is 19.9. The molecule has 27 heavy (non-hydrogen) atoms. The summed E-state index contributed by atoms with van der Waals surface area (Å²) in [6.07, 6.45) is 2.45. The molecule has 0 aliphatic carbocycles. The number of benzene rings is 2. The van der Waals surface area contributed by atoms with E-state index in [0.717, 1.165) is 37.1 Å². The van der Waals surface area contributed by atoms with E-state index in [2.05, 4.69) is 5.32 Å². The lowest BCUT2D eigenvalue weighted by Crippen LogP contribution is -2.31. The molecule has 2 aromatic rings. The fraction of sp³-hybridized carbons (Fsp3) is 0.381. The maximum absolute atomic E-state index is 5.94. The van der Waals surface area contributed by atoms with Crippen molar-refractivity contribution in [2.75, 3.05) is 19.8 Å². The van der Waals surface area contributed by atoms with Gasteiger partial charge >= 0.3 is 0 Å². The van der Waals surface area contributed by atoms with Gasteiger partial charge in [0.25, 0.3) is 0 Å². The van der Waals surface area contributed by atoms with Gasteiger partial charge in [-0.1, -0.05) is 36.0 Å². The Morgan fingerprint density at radius 2 is 2.00 bits per heavy atom. The van der Waals surface area contributed by atoms with Crippen molar-refractivity contribution in [3.05, 3.63) is 58.6 Å². The van der Waals surface area contributed by atoms with E-state index in [4.69, 9.17) is 38.0 Å². The lowest BCUT2D eigenvalue weighted by molar-refractivity contribution is 0.114. The number of hydrogen-bond donors (Lipinski definition) is 1. The second-order valence-corrected chi connectivity index (χ2v) is 7.20. The lowest BCUT2D eigenvalue weighted by atomic mass is 10.2. The summed E-state index contributed by atoms with van der Waals surface area (Å²) in [7, 11) is 0. The highest BCUT2D eigenvalue weighted by Crippen LogP contribution is 2.29. The zero-order valence-electron chi connectivity index (χ0n) is 15.4. The molecule has 0 unspecified atom stereocenters. The molecule has 0 bridgehead atoms. The molecular formula is C21H24ClNO3S. The molecule has 2 aromatic carbocycles. The SMILES string of the molecule is CCOc1cc(C(=S)NC[C@@H]2CCCO2)ccc1OCc1ccc(Cl)cc1. The minimum Gasteiger partial charge on any atom is -0.490 e. The maximum Gasteiger partial charge on any atom is 0.161 e. The Hall–Kier alpha value is -1.82. The van der Waals surface area contributed by atoms with Gasteiger partial charge in [0.1, 0.15) is 11.6 Å². The summed E-state index contributed by atoms with van der Waals surface area (Å²) >= 11 is 11.4. The van der Waals surface area contributed by atoms with Crippen molar-refractivity contribution >= 4 is 28.8 Å². The van der Waals surface area contributed by atoms with Gasteiger partial charge in [0.05, 0.1) is 12.7 Å². The Bertz CT molecular complexity index is 761. The average molecular weight is 406 g/mol. The summed E-state index contributed by atoms with van der Waals surface area (Å²) in [4.78, 5) is 0.690. The normalized spacial score (nSPS) is 16.1. The van der Waals surface area contributed by atoms with Crippen LogP contribution in [0, 0.1) is 0 Å². The van der Waals surface area contributed by atoms with Crippen molar-refractivity contribution in [3.8, 4) is 11.5 Å². The largest absolute Gasteiger partial charge is 0.490 e. The number of nitrogens with one attached hydrogen (secondary N) is 1. The molecular weight excluding hydrogens is 382 g/mol. The highest BCUT2D eigenvalue weighted by atomic mass is 35.5. The molecule has 1 aliphatic heterocycles. The van der Waals surface area contributed by atoms with Gasteiger partial charge in [-0.2, -0.15) is 0 Å². The number of thiocarbonyl (C=S) groups is 1. The molecule has 1 N–H and O–H groups in total. The zero-order chi connectivity index (χ0) is 19.1. The Morgan fingerprint density at radius 3 is 2.70 bits per heavy atom. The molecule has 1 aliphatic rings. The summed E-state index contributed by atoms with van der Waals surface area (Å²) in [5.41, 5.74) is 1.95. The highest BCUT2D eigenvalue weighted by Gasteiger charge is 2.16. The van der Waals surface area contributed by atoms with Crippen molar-refractivity contribution in [1.82, 2.24) is 5.32 Å². The smallest absolute Gasteiger partial charge is 0.161 e. The number of halogens is 1. The van der Waals surface area contributed by atoms with E-state index in [1.165, 1.54) is 0 Å². The molecule has 1 fully saturated rings. The first-order valence-corrected chi connectivity index (χ1v) is 9.98. The van der Waals surface area contributed by atoms with Crippen LogP contribution in [0.4, 0.5) is 0 Å². The molecule has 144 valence electrons. The molecule has 1 atom stereocenters. The second-order valence-electron chi connectivity index (χ2n) is 6.35. The first-order chi connectivity index (χ1) is 13.2. The van der Waals surface area contributed by atoms with Gasteiger partial charge in [-0.25, -0.2) is 0 Å². The van der Waals surface area contributed by atoms with Crippen molar-refractivity contribution in [1.29, 1.82) is 0 Å². The van der Waals surface area contributed by atoms with Crippen LogP contribution in [0.15, 0.2) is 42.5 Å². The van der Waals surface area contributed by atoms with Crippen molar-refractivity contribution in [2.24, 2.45) is 0 Å². The van der Waals surface area contributed by atoms with Crippen LogP contribution in [-0.2, 0) is 11.3 Å². The predicted octanol–water partition coefficient (Wildman–Crippen LogP) is 4.76. The fourth-order valence-electron chi connectivity index (χ4n) is 2.89. The fourth-order valence-corrected chi connectivity index (χ4v) is 3.23. The summed E-state index contributed by atoms with van der Waals surface area (Å²) < 4.78 is 17.3. The van der Waals surface area contributed by atoms with Gasteiger partial charge in [0, 0.05) is 23.7 Å². The molecule has 0 saturated carbocycles. The molecule has 1 heterocycles. The Kier molecular flexibility index (Phi) is 7.33. The van der Waals surface area contributed by atoms with Crippen LogP contribution in [-0.4, -0.2) is 30.9 Å². The van der Waals surface area contributed by atoms with Gasteiger partial charge in [-0.3, -0.25) is 0 Å². The molecule has 1 saturated heterocycles. The predicted molar refractivity (Wildman–Crippen MR) is 112 cm³/mol. The van der Waals surface area contributed by atoms with E-state index in [9.17, 15) is 0 Å². The molecule has 0 radical (unpaired) electrons. The van der Waals surface area contributed by atoms with Crippen LogP contribution in [0.25, 0.3) is 0 Å². The van der Waals surface area contributed by atoms with Crippen LogP contribution in [0.2, 0.25) is 5.02 Å². The first-order valence-electron chi connectivity index (χ1n) is 9.19. The molecule has 4 nitrogen and oxygen atoms in total. The third-order valence-electron chi connectivity index (χ3n) is 4.33. The van der Waals surface area contributed by atoms with Crippen LogP contribution in [0.1, 0.15) is 30.9 Å². The average Bonchev–Trinajstić information content (AvgIpc) is 3.20. The van der Waals surface area contributed by atoms with E-state index >= 15 is 0 Å². The van der Waals surface area contributed by atoms with E-state index in [0.29, 0.717) is 34.7 Å². The zero-order valence-corrected chi connectivity index (χ0v) is 16.9. The molecule has 0 amide bonds. The van der Waals surface area contributed by atoms with Gasteiger partial charge in [0.2, 0.25) is 0 Å². The van der Waals surface area contributed by atoms with Crippen molar-refractivity contribution in [3.63, 3.8) is 0 Å². The summed E-state index contributed by atoms with van der Waals surface area (Å²) in [5.74, 6) is 1.38. The minimum absolute atomic E-state index is 0.247. The van der Waals surface area contributed by atoms with Gasteiger partial charge in [-0.05, 0) is 55.7 Å². The number of ether oxygens (including phenoxy) is 3. The number of hydrogen-bond acceptors (Lipinski definition) is 4. The van der Waals surface area contributed by atoms with Crippen LogP contribution >= 0.6 is 23.8 Å². The van der Waals surface area contributed by atoms with Crippen LogP contribution < -0.4 is 14.8 Å². The van der Waals surface area contributed by atoms with Gasteiger partial charge in [-0.15, -0.1) is 0 Å². The minimum atomic E-state index is 0.247. The Balaban J connectivity index is 1.63. The molecule has 0 spiro atoms. The maximum atomic E-state index is 5.94. The quantitative estimate of drug-likeness (QED) is 0.641. The summed E-state index contributed by atoms with van der Waals surface area (Å²) in [6, 6.07) is 13.4. The highest BCUT2D eigenvalue weighted by molar-refractivity contribution is 7.80. The van der Waals surface area contributed by atoms with E-state index in [-0.39, 0.29) is 6.10 Å². The standard InChI is InChI=1S/C21H24ClNO3S/c1-2-24-20-12-16(21(27)23-13-18-4-3-11-25-18)7-10-19(20)26-14-15-5-8-17(22)9-6-15/h5-10,12,18H,2-4,11,13-14H2,1H3,(H,23,27)/t18-/m0/s1. The van der Waals surface area contributed by atoms with Crippen molar-refractivity contribution < 1.29 is 14.2 Å². The molecule has 3 rings (SSSR count). The van der Waals surface area contributed by atoms with Gasteiger partial charge in [0.15, 0.2) is 11.5 Å². The van der Waals surface area contributed by atoms with Gasteiger partial charge < -0.3 is 19.5 Å². The van der Waals surface area contributed by atoms with Crippen molar-refractivity contribution in [2.45, 2.75) is 32.5 Å². The second kappa shape index (κ2) is 9.93. The molecule has 6 heteroatoms. The lowest BCUT2D eigenvalue weighted by Gasteiger charge is -2.16. The third kappa shape index (κ3) is 5.83. The summed E-state index contributed by atoms with van der Waals surface area (Å²) in [6.45, 7) is 4.52. The number of rotatable bonds is 8. The molecule has 0 aromatic heterocycles. The van der Waals surface area contributed by atoms with Crippen LogP contribution in [0.3, 0.4) is 0 Å².